The first-order chi connectivity index (χ1) is 9.15. The van der Waals surface area contributed by atoms with E-state index in [0.717, 1.165) is 30.4 Å². The molecule has 0 radical (unpaired) electrons. The number of carbonyl (C=O) groups excluding carboxylic acids is 1. The summed E-state index contributed by atoms with van der Waals surface area (Å²) >= 11 is 0. The fraction of sp³-hybridized carbons (Fsp3) is 0.533. The van der Waals surface area contributed by atoms with Gasteiger partial charge in [0.1, 0.15) is 0 Å². The molecule has 0 saturated carbocycles. The van der Waals surface area contributed by atoms with E-state index in [9.17, 15) is 4.79 Å². The Morgan fingerprint density at radius 2 is 2.11 bits per heavy atom. The summed E-state index contributed by atoms with van der Waals surface area (Å²) in [5.41, 5.74) is 8.47. The zero-order valence-corrected chi connectivity index (χ0v) is 11.8. The highest BCUT2D eigenvalue weighted by Crippen LogP contribution is 2.29. The summed E-state index contributed by atoms with van der Waals surface area (Å²) in [6.07, 6.45) is 3.67. The van der Waals surface area contributed by atoms with Crippen molar-refractivity contribution in [1.29, 1.82) is 0 Å². The average molecular weight is 261 g/mol. The third-order valence-electron chi connectivity index (χ3n) is 4.05. The van der Waals surface area contributed by atoms with Crippen LogP contribution in [0.5, 0.6) is 0 Å². The summed E-state index contributed by atoms with van der Waals surface area (Å²) < 4.78 is 0. The van der Waals surface area contributed by atoms with Crippen molar-refractivity contribution in [2.45, 2.75) is 26.2 Å². The molecule has 1 amide bonds. The number of nitrogens with two attached hydrogens (primary N) is 1. The van der Waals surface area contributed by atoms with Gasteiger partial charge in [0.05, 0.1) is 11.4 Å². The summed E-state index contributed by atoms with van der Waals surface area (Å²) in [6, 6.07) is 5.50. The molecule has 1 fully saturated rings. The average Bonchev–Trinajstić information content (AvgIpc) is 2.47. The molecule has 3 N–H and O–H groups in total. The second-order valence-corrected chi connectivity index (χ2v) is 5.19. The van der Waals surface area contributed by atoms with Crippen LogP contribution in [-0.2, 0) is 0 Å². The SMILES string of the molecule is CCC1CCN(c2cc(C(=O)NC)ccc2N)CC1. The van der Waals surface area contributed by atoms with Gasteiger partial charge in [-0.15, -0.1) is 0 Å². The van der Waals surface area contributed by atoms with Crippen LogP contribution in [0, 0.1) is 5.92 Å². The monoisotopic (exact) mass is 261 g/mol. The van der Waals surface area contributed by atoms with Crippen LogP contribution in [0.15, 0.2) is 18.2 Å². The first kappa shape index (κ1) is 13.7. The lowest BCUT2D eigenvalue weighted by molar-refractivity contribution is 0.0963. The van der Waals surface area contributed by atoms with Crippen LogP contribution in [0.2, 0.25) is 0 Å². The molecule has 0 unspecified atom stereocenters. The first-order valence-corrected chi connectivity index (χ1v) is 7.02. The van der Waals surface area contributed by atoms with Crippen molar-refractivity contribution in [2.75, 3.05) is 30.8 Å². The number of nitrogen functional groups attached to an aromatic ring is 1. The van der Waals surface area contributed by atoms with Gasteiger partial charge in [-0.25, -0.2) is 0 Å². The Bertz CT molecular complexity index is 451. The Labute approximate surface area is 115 Å². The molecule has 0 aromatic heterocycles. The molecule has 19 heavy (non-hydrogen) atoms. The zero-order valence-electron chi connectivity index (χ0n) is 11.8. The van der Waals surface area contributed by atoms with E-state index in [4.69, 9.17) is 5.73 Å². The number of rotatable bonds is 3. The molecule has 0 atom stereocenters. The summed E-state index contributed by atoms with van der Waals surface area (Å²) in [6.45, 7) is 4.31. The minimum atomic E-state index is -0.0651. The van der Waals surface area contributed by atoms with Gasteiger partial charge >= 0.3 is 0 Å². The Kier molecular flexibility index (Phi) is 4.30. The molecule has 1 aromatic rings. The van der Waals surface area contributed by atoms with Crippen molar-refractivity contribution < 1.29 is 4.79 Å². The van der Waals surface area contributed by atoms with E-state index in [0.29, 0.717) is 5.56 Å². The number of hydrogen-bond acceptors (Lipinski definition) is 3. The predicted molar refractivity (Wildman–Crippen MR) is 79.5 cm³/mol. The van der Waals surface area contributed by atoms with Gasteiger partial charge in [-0.05, 0) is 37.0 Å². The first-order valence-electron chi connectivity index (χ1n) is 7.02. The van der Waals surface area contributed by atoms with Gasteiger partial charge in [-0.1, -0.05) is 13.3 Å². The van der Waals surface area contributed by atoms with Crippen LogP contribution in [0.25, 0.3) is 0 Å². The van der Waals surface area contributed by atoms with Crippen LogP contribution in [0.1, 0.15) is 36.5 Å². The van der Waals surface area contributed by atoms with E-state index in [2.05, 4.69) is 17.1 Å². The molecule has 1 heterocycles. The zero-order chi connectivity index (χ0) is 13.8. The third kappa shape index (κ3) is 3.00. The quantitative estimate of drug-likeness (QED) is 0.821. The largest absolute Gasteiger partial charge is 0.397 e. The van der Waals surface area contributed by atoms with E-state index in [-0.39, 0.29) is 5.91 Å². The number of anilines is 2. The van der Waals surface area contributed by atoms with E-state index in [1.54, 1.807) is 13.1 Å². The van der Waals surface area contributed by atoms with Gasteiger partial charge in [-0.3, -0.25) is 4.79 Å². The lowest BCUT2D eigenvalue weighted by atomic mass is 9.94. The summed E-state index contributed by atoms with van der Waals surface area (Å²) in [5.74, 6) is 0.768. The topological polar surface area (TPSA) is 58.4 Å². The molecule has 1 aromatic carbocycles. The van der Waals surface area contributed by atoms with Gasteiger partial charge in [0.25, 0.3) is 5.91 Å². The van der Waals surface area contributed by atoms with Crippen LogP contribution in [0.4, 0.5) is 11.4 Å². The number of benzene rings is 1. The fourth-order valence-corrected chi connectivity index (χ4v) is 2.69. The van der Waals surface area contributed by atoms with Crippen molar-refractivity contribution in [3.8, 4) is 0 Å². The van der Waals surface area contributed by atoms with Crippen molar-refractivity contribution in [1.82, 2.24) is 5.32 Å². The number of hydrogen-bond donors (Lipinski definition) is 2. The molecule has 0 bridgehead atoms. The van der Waals surface area contributed by atoms with Gasteiger partial charge in [0, 0.05) is 25.7 Å². The van der Waals surface area contributed by atoms with Gasteiger partial charge in [0.2, 0.25) is 0 Å². The molecule has 1 aliphatic heterocycles. The van der Waals surface area contributed by atoms with E-state index < -0.39 is 0 Å². The second-order valence-electron chi connectivity index (χ2n) is 5.19. The van der Waals surface area contributed by atoms with E-state index >= 15 is 0 Å². The van der Waals surface area contributed by atoms with Crippen molar-refractivity contribution in [3.05, 3.63) is 23.8 Å². The number of piperidine rings is 1. The van der Waals surface area contributed by atoms with E-state index in [1.807, 2.05) is 12.1 Å². The Morgan fingerprint density at radius 3 is 2.68 bits per heavy atom. The fourth-order valence-electron chi connectivity index (χ4n) is 2.69. The molecule has 1 aliphatic rings. The van der Waals surface area contributed by atoms with E-state index in [1.165, 1.54) is 19.3 Å². The van der Waals surface area contributed by atoms with Gasteiger partial charge in [0.15, 0.2) is 0 Å². The molecular formula is C15H23N3O. The van der Waals surface area contributed by atoms with Crippen LogP contribution >= 0.6 is 0 Å². The van der Waals surface area contributed by atoms with Crippen LogP contribution in [-0.4, -0.2) is 26.0 Å². The number of nitrogens with zero attached hydrogens (tertiary/aromatic N) is 1. The van der Waals surface area contributed by atoms with Gasteiger partial charge < -0.3 is 16.0 Å². The normalized spacial score (nSPS) is 16.4. The number of carbonyl (C=O) groups is 1. The number of nitrogens with one attached hydrogen (secondary N) is 1. The predicted octanol–water partition coefficient (Wildman–Crippen LogP) is 2.25. The minimum Gasteiger partial charge on any atom is -0.397 e. The third-order valence-corrected chi connectivity index (χ3v) is 4.05. The second kappa shape index (κ2) is 5.95. The van der Waals surface area contributed by atoms with Crippen molar-refractivity contribution in [2.24, 2.45) is 5.92 Å². The highest BCUT2D eigenvalue weighted by atomic mass is 16.1. The summed E-state index contributed by atoms with van der Waals surface area (Å²) in [7, 11) is 1.64. The highest BCUT2D eigenvalue weighted by Gasteiger charge is 2.20. The Hall–Kier alpha value is -1.71. The summed E-state index contributed by atoms with van der Waals surface area (Å²) in [5, 5.41) is 2.65. The molecule has 0 aliphatic carbocycles. The molecule has 2 rings (SSSR count). The Balaban J connectivity index is 2.17. The molecule has 4 heteroatoms. The van der Waals surface area contributed by atoms with Crippen LogP contribution < -0.4 is 16.0 Å². The van der Waals surface area contributed by atoms with Crippen molar-refractivity contribution >= 4 is 17.3 Å². The molecule has 104 valence electrons. The Morgan fingerprint density at radius 1 is 1.42 bits per heavy atom. The molecule has 0 spiro atoms. The minimum absolute atomic E-state index is 0.0651. The molecule has 1 saturated heterocycles. The molecule has 4 nitrogen and oxygen atoms in total. The van der Waals surface area contributed by atoms with Gasteiger partial charge in [-0.2, -0.15) is 0 Å². The van der Waals surface area contributed by atoms with Crippen molar-refractivity contribution in [3.63, 3.8) is 0 Å². The smallest absolute Gasteiger partial charge is 0.251 e. The maximum Gasteiger partial charge on any atom is 0.251 e. The molecular weight excluding hydrogens is 238 g/mol. The maximum absolute atomic E-state index is 11.7. The maximum atomic E-state index is 11.7. The lowest BCUT2D eigenvalue weighted by Crippen LogP contribution is -2.34. The standard InChI is InChI=1S/C15H23N3O/c1-3-11-6-8-18(9-7-11)14-10-12(15(19)17-2)4-5-13(14)16/h4-5,10-11H,3,6-9,16H2,1-2H3,(H,17,19). The highest BCUT2D eigenvalue weighted by molar-refractivity contribution is 5.96. The van der Waals surface area contributed by atoms with Crippen LogP contribution in [0.3, 0.4) is 0 Å². The lowest BCUT2D eigenvalue weighted by Gasteiger charge is -2.34. The summed E-state index contributed by atoms with van der Waals surface area (Å²) in [4.78, 5) is 14.0. The number of amides is 1.